The minimum Gasteiger partial charge on any atom is -0.379 e. The van der Waals surface area contributed by atoms with Gasteiger partial charge in [0, 0.05) is 38.8 Å². The monoisotopic (exact) mass is 266 g/mol. The van der Waals surface area contributed by atoms with E-state index in [1.165, 1.54) is 12.8 Å². The molecule has 2 saturated heterocycles. The van der Waals surface area contributed by atoms with E-state index in [0.717, 1.165) is 52.4 Å². The molecule has 0 N–H and O–H groups in total. The minimum atomic E-state index is 0.186. The van der Waals surface area contributed by atoms with E-state index >= 15 is 0 Å². The topological polar surface area (TPSA) is 32.8 Å². The van der Waals surface area contributed by atoms with Gasteiger partial charge in [-0.15, -0.1) is 0 Å². The third kappa shape index (κ3) is 4.62. The van der Waals surface area contributed by atoms with Crippen LogP contribution in [0.1, 0.15) is 26.2 Å². The normalized spacial score (nSPS) is 25.9. The highest BCUT2D eigenvalue weighted by atomic mass is 16.5. The van der Waals surface area contributed by atoms with Gasteiger partial charge in [0.05, 0.1) is 13.2 Å². The molecule has 0 aromatic heterocycles. The Bertz CT molecular complexity index is 311. The van der Waals surface area contributed by atoms with Crippen molar-refractivity contribution in [2.75, 3.05) is 45.9 Å². The third-order valence-electron chi connectivity index (χ3n) is 4.14. The summed E-state index contributed by atoms with van der Waals surface area (Å²) in [4.78, 5) is 16.4. The van der Waals surface area contributed by atoms with Gasteiger partial charge in [-0.1, -0.05) is 19.4 Å². The molecular weight excluding hydrogens is 240 g/mol. The zero-order valence-corrected chi connectivity index (χ0v) is 12.0. The summed E-state index contributed by atoms with van der Waals surface area (Å²) in [5, 5.41) is 0. The molecule has 1 atom stereocenters. The second kappa shape index (κ2) is 7.65. The van der Waals surface area contributed by atoms with Gasteiger partial charge in [-0.05, 0) is 18.8 Å². The van der Waals surface area contributed by atoms with Crippen LogP contribution in [0.15, 0.2) is 12.2 Å². The number of piperidine rings is 1. The number of nitrogens with zero attached hydrogens (tertiary/aromatic N) is 2. The number of morpholine rings is 1. The fourth-order valence-corrected chi connectivity index (χ4v) is 2.79. The lowest BCUT2D eigenvalue weighted by atomic mass is 9.95. The number of carbonyl (C=O) groups excluding carboxylic acids is 1. The van der Waals surface area contributed by atoms with Crippen molar-refractivity contribution < 1.29 is 9.53 Å². The van der Waals surface area contributed by atoms with Crippen molar-refractivity contribution in [2.24, 2.45) is 5.92 Å². The average molecular weight is 266 g/mol. The highest BCUT2D eigenvalue weighted by Crippen LogP contribution is 2.19. The van der Waals surface area contributed by atoms with Crippen LogP contribution in [0.2, 0.25) is 0 Å². The number of carbonyl (C=O) groups is 1. The molecule has 0 aliphatic carbocycles. The standard InChI is InChI=1S/C15H26N2O2/c1-2-14-5-3-8-17(13-14)15(18)6-4-7-16-9-11-19-12-10-16/h4,6,14H,2-3,5,7-13H2,1H3/b6-4+/t14-/m1/s1. The quantitative estimate of drug-likeness (QED) is 0.723. The lowest BCUT2D eigenvalue weighted by molar-refractivity contribution is -0.127. The first-order chi connectivity index (χ1) is 9.29. The Hall–Kier alpha value is -0.870. The van der Waals surface area contributed by atoms with Gasteiger partial charge in [0.2, 0.25) is 5.91 Å². The minimum absolute atomic E-state index is 0.186. The number of likely N-dealkylation sites (tertiary alicyclic amines) is 1. The largest absolute Gasteiger partial charge is 0.379 e. The molecule has 19 heavy (non-hydrogen) atoms. The van der Waals surface area contributed by atoms with Gasteiger partial charge < -0.3 is 9.64 Å². The highest BCUT2D eigenvalue weighted by molar-refractivity contribution is 5.87. The summed E-state index contributed by atoms with van der Waals surface area (Å²) in [6.45, 7) is 8.51. The predicted molar refractivity (Wildman–Crippen MR) is 76.0 cm³/mol. The van der Waals surface area contributed by atoms with E-state index in [1.54, 1.807) is 6.08 Å². The second-order valence-electron chi connectivity index (χ2n) is 5.52. The van der Waals surface area contributed by atoms with Crippen LogP contribution in [-0.2, 0) is 9.53 Å². The maximum Gasteiger partial charge on any atom is 0.246 e. The lowest BCUT2D eigenvalue weighted by Gasteiger charge is -2.31. The van der Waals surface area contributed by atoms with Crippen molar-refractivity contribution >= 4 is 5.91 Å². The van der Waals surface area contributed by atoms with E-state index in [2.05, 4.69) is 11.8 Å². The number of hydrogen-bond donors (Lipinski definition) is 0. The molecule has 2 heterocycles. The molecule has 0 unspecified atom stereocenters. The molecule has 2 rings (SSSR count). The van der Waals surface area contributed by atoms with Gasteiger partial charge in [0.15, 0.2) is 0 Å². The summed E-state index contributed by atoms with van der Waals surface area (Å²) in [7, 11) is 0. The maximum absolute atomic E-state index is 12.1. The molecule has 0 aromatic carbocycles. The van der Waals surface area contributed by atoms with Crippen molar-refractivity contribution in [1.29, 1.82) is 0 Å². The van der Waals surface area contributed by atoms with Crippen LogP contribution in [0.25, 0.3) is 0 Å². The molecule has 0 bridgehead atoms. The third-order valence-corrected chi connectivity index (χ3v) is 4.14. The van der Waals surface area contributed by atoms with E-state index in [4.69, 9.17) is 4.74 Å². The molecule has 2 fully saturated rings. The Morgan fingerprint density at radius 1 is 1.32 bits per heavy atom. The molecular formula is C15H26N2O2. The van der Waals surface area contributed by atoms with Crippen molar-refractivity contribution in [3.05, 3.63) is 12.2 Å². The molecule has 4 heteroatoms. The van der Waals surface area contributed by atoms with Crippen LogP contribution >= 0.6 is 0 Å². The first-order valence-electron chi connectivity index (χ1n) is 7.55. The molecule has 2 aliphatic heterocycles. The number of hydrogen-bond acceptors (Lipinski definition) is 3. The SMILES string of the molecule is CC[C@@H]1CCCN(C(=O)/C=C/CN2CCOCC2)C1. The second-order valence-corrected chi connectivity index (χ2v) is 5.52. The van der Waals surface area contributed by atoms with Gasteiger partial charge in [-0.2, -0.15) is 0 Å². The fraction of sp³-hybridized carbons (Fsp3) is 0.800. The number of ether oxygens (including phenoxy) is 1. The molecule has 108 valence electrons. The first-order valence-corrected chi connectivity index (χ1v) is 7.55. The van der Waals surface area contributed by atoms with Crippen LogP contribution in [-0.4, -0.2) is 61.6 Å². The summed E-state index contributed by atoms with van der Waals surface area (Å²) in [5.74, 6) is 0.886. The summed E-state index contributed by atoms with van der Waals surface area (Å²) in [6, 6.07) is 0. The van der Waals surface area contributed by atoms with Crippen LogP contribution < -0.4 is 0 Å². The van der Waals surface area contributed by atoms with Crippen molar-refractivity contribution in [2.45, 2.75) is 26.2 Å². The zero-order chi connectivity index (χ0) is 13.5. The van der Waals surface area contributed by atoms with E-state index in [0.29, 0.717) is 5.92 Å². The van der Waals surface area contributed by atoms with Gasteiger partial charge >= 0.3 is 0 Å². The molecule has 2 aliphatic rings. The van der Waals surface area contributed by atoms with Crippen molar-refractivity contribution in [1.82, 2.24) is 9.80 Å². The van der Waals surface area contributed by atoms with Gasteiger partial charge in [0.25, 0.3) is 0 Å². The number of amides is 1. The molecule has 0 saturated carbocycles. The Morgan fingerprint density at radius 3 is 2.84 bits per heavy atom. The summed E-state index contributed by atoms with van der Waals surface area (Å²) < 4.78 is 5.31. The highest BCUT2D eigenvalue weighted by Gasteiger charge is 2.20. The van der Waals surface area contributed by atoms with Gasteiger partial charge in [-0.3, -0.25) is 9.69 Å². The fourth-order valence-electron chi connectivity index (χ4n) is 2.79. The van der Waals surface area contributed by atoms with Crippen LogP contribution in [0.4, 0.5) is 0 Å². The molecule has 4 nitrogen and oxygen atoms in total. The van der Waals surface area contributed by atoms with Crippen molar-refractivity contribution in [3.63, 3.8) is 0 Å². The molecule has 1 amide bonds. The van der Waals surface area contributed by atoms with E-state index in [9.17, 15) is 4.79 Å². The van der Waals surface area contributed by atoms with Crippen molar-refractivity contribution in [3.8, 4) is 0 Å². The van der Waals surface area contributed by atoms with Crippen LogP contribution in [0.5, 0.6) is 0 Å². The Balaban J connectivity index is 1.73. The lowest BCUT2D eigenvalue weighted by Crippen LogP contribution is -2.39. The summed E-state index contributed by atoms with van der Waals surface area (Å²) in [6.07, 6.45) is 7.37. The number of rotatable bonds is 4. The Morgan fingerprint density at radius 2 is 2.11 bits per heavy atom. The van der Waals surface area contributed by atoms with Crippen LogP contribution in [0, 0.1) is 5.92 Å². The van der Waals surface area contributed by atoms with E-state index in [-0.39, 0.29) is 5.91 Å². The Kier molecular flexibility index (Phi) is 5.86. The summed E-state index contributed by atoms with van der Waals surface area (Å²) in [5.41, 5.74) is 0. The molecule has 0 aromatic rings. The smallest absolute Gasteiger partial charge is 0.246 e. The Labute approximate surface area is 116 Å². The molecule has 0 spiro atoms. The van der Waals surface area contributed by atoms with Gasteiger partial charge in [-0.25, -0.2) is 0 Å². The molecule has 0 radical (unpaired) electrons. The zero-order valence-electron chi connectivity index (χ0n) is 12.0. The maximum atomic E-state index is 12.1. The van der Waals surface area contributed by atoms with E-state index < -0.39 is 0 Å². The van der Waals surface area contributed by atoms with Gasteiger partial charge in [0.1, 0.15) is 0 Å². The van der Waals surface area contributed by atoms with E-state index in [1.807, 2.05) is 11.0 Å². The first kappa shape index (κ1) is 14.5. The summed E-state index contributed by atoms with van der Waals surface area (Å²) >= 11 is 0. The average Bonchev–Trinajstić information content (AvgIpc) is 2.48. The van der Waals surface area contributed by atoms with Crippen LogP contribution in [0.3, 0.4) is 0 Å². The predicted octanol–water partition coefficient (Wildman–Crippen LogP) is 1.52.